The number of hydrogen-bond acceptors (Lipinski definition) is 2. The van der Waals surface area contributed by atoms with Crippen molar-refractivity contribution in [1.82, 2.24) is 0 Å². The number of nitrogens with one attached hydrogen (secondary N) is 1. The van der Waals surface area contributed by atoms with Gasteiger partial charge in [-0.2, -0.15) is 18.4 Å². The lowest BCUT2D eigenvalue weighted by Gasteiger charge is -2.10. The Morgan fingerprint density at radius 1 is 1.40 bits per heavy atom. The third kappa shape index (κ3) is 3.68. The van der Waals surface area contributed by atoms with Crippen LogP contribution in [0.2, 0.25) is 5.02 Å². The Morgan fingerprint density at radius 2 is 2.07 bits per heavy atom. The lowest BCUT2D eigenvalue weighted by Crippen LogP contribution is -2.21. The summed E-state index contributed by atoms with van der Waals surface area (Å²) in [7, 11) is 0. The van der Waals surface area contributed by atoms with Gasteiger partial charge in [0.15, 0.2) is 0 Å². The molecule has 0 aliphatic heterocycles. The number of hydrogen-bond donors (Lipinski definition) is 1. The smallest absolute Gasteiger partial charge is 0.375 e. The second-order valence-corrected chi connectivity index (χ2v) is 3.18. The van der Waals surface area contributed by atoms with Crippen LogP contribution in [0.5, 0.6) is 0 Å². The summed E-state index contributed by atoms with van der Waals surface area (Å²) in [6, 6.07) is 5.89. The van der Waals surface area contributed by atoms with Gasteiger partial charge in [0.1, 0.15) is 6.54 Å². The quantitative estimate of drug-likeness (QED) is 0.853. The van der Waals surface area contributed by atoms with Crippen LogP contribution in [0.4, 0.5) is 18.9 Å². The molecule has 0 aliphatic rings. The van der Waals surface area contributed by atoms with Gasteiger partial charge in [0.2, 0.25) is 0 Å². The molecule has 0 heterocycles. The van der Waals surface area contributed by atoms with Gasteiger partial charge in [0.05, 0.1) is 22.3 Å². The number of rotatable bonds is 2. The third-order valence-electron chi connectivity index (χ3n) is 1.57. The molecular formula is C9H6ClF3N2. The van der Waals surface area contributed by atoms with Crippen molar-refractivity contribution in [1.29, 1.82) is 5.26 Å². The Bertz CT molecular complexity index is 395. The van der Waals surface area contributed by atoms with Crippen molar-refractivity contribution in [3.05, 3.63) is 28.8 Å². The fraction of sp³-hybridized carbons (Fsp3) is 0.222. The van der Waals surface area contributed by atoms with Gasteiger partial charge in [0.25, 0.3) is 0 Å². The zero-order chi connectivity index (χ0) is 11.5. The molecule has 1 aromatic carbocycles. The largest absolute Gasteiger partial charge is 0.405 e. The number of nitriles is 1. The van der Waals surface area contributed by atoms with Gasteiger partial charge in [-0.05, 0) is 18.2 Å². The predicted molar refractivity (Wildman–Crippen MR) is 50.7 cm³/mol. The molecule has 15 heavy (non-hydrogen) atoms. The molecule has 0 atom stereocenters. The van der Waals surface area contributed by atoms with E-state index >= 15 is 0 Å². The van der Waals surface area contributed by atoms with Gasteiger partial charge in [-0.1, -0.05) is 11.6 Å². The van der Waals surface area contributed by atoms with Crippen LogP contribution >= 0.6 is 11.6 Å². The van der Waals surface area contributed by atoms with Gasteiger partial charge in [-0.3, -0.25) is 0 Å². The summed E-state index contributed by atoms with van der Waals surface area (Å²) >= 11 is 5.64. The molecule has 0 saturated heterocycles. The van der Waals surface area contributed by atoms with Crippen LogP contribution in [-0.4, -0.2) is 12.7 Å². The second-order valence-electron chi connectivity index (χ2n) is 2.78. The number of halogens is 4. The molecule has 1 rings (SSSR count). The van der Waals surface area contributed by atoms with Crippen LogP contribution in [0.1, 0.15) is 5.56 Å². The highest BCUT2D eigenvalue weighted by atomic mass is 35.5. The Hall–Kier alpha value is -1.41. The molecule has 0 fully saturated rings. The van der Waals surface area contributed by atoms with Crippen molar-refractivity contribution < 1.29 is 13.2 Å². The molecular weight excluding hydrogens is 229 g/mol. The minimum Gasteiger partial charge on any atom is -0.375 e. The van der Waals surface area contributed by atoms with Gasteiger partial charge in [-0.25, -0.2) is 0 Å². The average molecular weight is 235 g/mol. The fourth-order valence-corrected chi connectivity index (χ4v) is 1.11. The highest BCUT2D eigenvalue weighted by molar-refractivity contribution is 6.33. The van der Waals surface area contributed by atoms with Crippen LogP contribution in [0, 0.1) is 11.3 Å². The van der Waals surface area contributed by atoms with Crippen LogP contribution < -0.4 is 5.32 Å². The lowest BCUT2D eigenvalue weighted by atomic mass is 10.2. The number of nitrogens with zero attached hydrogens (tertiary/aromatic N) is 1. The summed E-state index contributed by atoms with van der Waals surface area (Å²) in [5.41, 5.74) is 0.358. The number of benzene rings is 1. The highest BCUT2D eigenvalue weighted by Crippen LogP contribution is 2.24. The topological polar surface area (TPSA) is 35.8 Å². The van der Waals surface area contributed by atoms with E-state index in [0.717, 1.165) is 0 Å². The average Bonchev–Trinajstić information content (AvgIpc) is 2.15. The molecule has 0 unspecified atom stereocenters. The summed E-state index contributed by atoms with van der Waals surface area (Å²) in [5.74, 6) is 0. The first-order valence-electron chi connectivity index (χ1n) is 3.92. The number of alkyl halides is 3. The van der Waals surface area contributed by atoms with Crippen LogP contribution in [0.25, 0.3) is 0 Å². The van der Waals surface area contributed by atoms with Crippen molar-refractivity contribution in [3.63, 3.8) is 0 Å². The Labute approximate surface area is 89.3 Å². The van der Waals surface area contributed by atoms with E-state index in [1.807, 2.05) is 6.07 Å². The first-order valence-corrected chi connectivity index (χ1v) is 4.30. The van der Waals surface area contributed by atoms with E-state index in [0.29, 0.717) is 0 Å². The maximum absolute atomic E-state index is 11.9. The normalized spacial score (nSPS) is 10.9. The molecule has 0 amide bonds. The van der Waals surface area contributed by atoms with E-state index in [1.54, 1.807) is 0 Å². The molecule has 0 aromatic heterocycles. The van der Waals surface area contributed by atoms with Crippen molar-refractivity contribution in [2.75, 3.05) is 11.9 Å². The molecule has 0 aliphatic carbocycles. The zero-order valence-corrected chi connectivity index (χ0v) is 8.15. The van der Waals surface area contributed by atoms with Crippen molar-refractivity contribution in [2.24, 2.45) is 0 Å². The minimum atomic E-state index is -4.31. The maximum atomic E-state index is 11.9. The molecule has 6 heteroatoms. The summed E-state index contributed by atoms with van der Waals surface area (Å²) in [4.78, 5) is 0. The monoisotopic (exact) mass is 234 g/mol. The van der Waals surface area contributed by atoms with Crippen LogP contribution in [0.15, 0.2) is 18.2 Å². The van der Waals surface area contributed by atoms with E-state index in [9.17, 15) is 13.2 Å². The predicted octanol–water partition coefficient (Wildman–Crippen LogP) is 3.19. The minimum absolute atomic E-state index is 0.105. The zero-order valence-electron chi connectivity index (χ0n) is 7.40. The summed E-state index contributed by atoms with van der Waals surface area (Å²) in [6.07, 6.45) is -4.31. The number of anilines is 1. The summed E-state index contributed by atoms with van der Waals surface area (Å²) in [5, 5.41) is 10.8. The van der Waals surface area contributed by atoms with E-state index in [-0.39, 0.29) is 16.3 Å². The molecule has 0 radical (unpaired) electrons. The van der Waals surface area contributed by atoms with E-state index in [2.05, 4.69) is 5.32 Å². The molecule has 1 aromatic rings. The molecule has 0 bridgehead atoms. The summed E-state index contributed by atoms with van der Waals surface area (Å²) < 4.78 is 35.7. The van der Waals surface area contributed by atoms with E-state index < -0.39 is 12.7 Å². The van der Waals surface area contributed by atoms with Gasteiger partial charge < -0.3 is 5.32 Å². The highest BCUT2D eigenvalue weighted by Gasteiger charge is 2.26. The van der Waals surface area contributed by atoms with Gasteiger partial charge >= 0.3 is 6.18 Å². The van der Waals surface area contributed by atoms with Crippen LogP contribution in [-0.2, 0) is 0 Å². The third-order valence-corrected chi connectivity index (χ3v) is 1.90. The molecule has 0 saturated carbocycles. The van der Waals surface area contributed by atoms with E-state index in [4.69, 9.17) is 16.9 Å². The van der Waals surface area contributed by atoms with Crippen molar-refractivity contribution in [2.45, 2.75) is 6.18 Å². The standard InChI is InChI=1S/C9H6ClF3N2/c10-7-2-1-6(4-14)3-8(7)15-5-9(11,12)13/h1-3,15H,5H2. The molecule has 0 spiro atoms. The molecule has 1 N–H and O–H groups in total. The first-order chi connectivity index (χ1) is 6.92. The van der Waals surface area contributed by atoms with Crippen LogP contribution in [0.3, 0.4) is 0 Å². The van der Waals surface area contributed by atoms with Gasteiger partial charge in [-0.15, -0.1) is 0 Å². The Morgan fingerprint density at radius 3 is 2.60 bits per heavy atom. The maximum Gasteiger partial charge on any atom is 0.405 e. The Balaban J connectivity index is 2.81. The molecule has 80 valence electrons. The van der Waals surface area contributed by atoms with Crippen molar-refractivity contribution >= 4 is 17.3 Å². The van der Waals surface area contributed by atoms with E-state index in [1.165, 1.54) is 18.2 Å². The van der Waals surface area contributed by atoms with Gasteiger partial charge in [0, 0.05) is 0 Å². The SMILES string of the molecule is N#Cc1ccc(Cl)c(NCC(F)(F)F)c1. The fourth-order valence-electron chi connectivity index (χ4n) is 0.926. The Kier molecular flexibility index (Phi) is 3.43. The first kappa shape index (κ1) is 11.7. The second kappa shape index (κ2) is 4.41. The summed E-state index contributed by atoms with van der Waals surface area (Å²) in [6.45, 7) is -1.18. The molecule has 2 nitrogen and oxygen atoms in total. The lowest BCUT2D eigenvalue weighted by molar-refractivity contribution is -0.115. The van der Waals surface area contributed by atoms with Crippen molar-refractivity contribution in [3.8, 4) is 6.07 Å².